The molecule has 1 rings (SSSR count). The lowest BCUT2D eigenvalue weighted by Crippen LogP contribution is -2.34. The molecular formula is C14H20BrNO3. The van der Waals surface area contributed by atoms with E-state index in [2.05, 4.69) is 15.9 Å². The van der Waals surface area contributed by atoms with Crippen molar-refractivity contribution in [2.75, 3.05) is 19.7 Å². The van der Waals surface area contributed by atoms with Gasteiger partial charge < -0.3 is 14.7 Å². The summed E-state index contributed by atoms with van der Waals surface area (Å²) in [5.74, 6) is 0.489. The Kier molecular flexibility index (Phi) is 6.31. The molecule has 0 aliphatic rings. The highest BCUT2D eigenvalue weighted by Crippen LogP contribution is 2.28. The van der Waals surface area contributed by atoms with Crippen LogP contribution in [0.5, 0.6) is 5.75 Å². The maximum Gasteiger partial charge on any atom is 0.260 e. The highest BCUT2D eigenvalue weighted by atomic mass is 79.9. The van der Waals surface area contributed by atoms with Crippen LogP contribution in [0.3, 0.4) is 0 Å². The average molecular weight is 330 g/mol. The smallest absolute Gasteiger partial charge is 0.260 e. The van der Waals surface area contributed by atoms with Gasteiger partial charge >= 0.3 is 0 Å². The number of hydrogen-bond donors (Lipinski definition) is 1. The summed E-state index contributed by atoms with van der Waals surface area (Å²) in [7, 11) is 0. The molecule has 5 heteroatoms. The second kappa shape index (κ2) is 7.50. The van der Waals surface area contributed by atoms with Gasteiger partial charge in [-0.1, -0.05) is 15.9 Å². The van der Waals surface area contributed by atoms with Crippen LogP contribution in [0.1, 0.15) is 32.4 Å². The second-order valence-electron chi connectivity index (χ2n) is 4.21. The molecule has 0 aromatic heterocycles. The number of halogens is 1. The highest BCUT2D eigenvalue weighted by molar-refractivity contribution is 9.10. The van der Waals surface area contributed by atoms with Crippen LogP contribution in [-0.4, -0.2) is 35.6 Å². The predicted octanol–water partition coefficient (Wildman–Crippen LogP) is 2.75. The van der Waals surface area contributed by atoms with Gasteiger partial charge in [0.2, 0.25) is 0 Å². The van der Waals surface area contributed by atoms with Gasteiger partial charge in [-0.3, -0.25) is 4.79 Å². The molecule has 1 amide bonds. The number of carbonyl (C=O) groups excluding carboxylic acids is 1. The third-order valence-corrected chi connectivity index (χ3v) is 3.38. The fourth-order valence-electron chi connectivity index (χ4n) is 1.78. The topological polar surface area (TPSA) is 49.8 Å². The summed E-state index contributed by atoms with van der Waals surface area (Å²) in [4.78, 5) is 13.6. The predicted molar refractivity (Wildman–Crippen MR) is 78.2 cm³/mol. The molecule has 1 aromatic carbocycles. The molecule has 0 spiro atoms. The van der Waals surface area contributed by atoms with E-state index in [4.69, 9.17) is 4.74 Å². The first-order valence-corrected chi connectivity index (χ1v) is 7.16. The largest absolute Gasteiger partial charge is 0.483 e. The lowest BCUT2D eigenvalue weighted by molar-refractivity contribution is -0.133. The van der Waals surface area contributed by atoms with Gasteiger partial charge in [-0.25, -0.2) is 0 Å². The fraction of sp³-hybridized carbons (Fsp3) is 0.500. The van der Waals surface area contributed by atoms with Gasteiger partial charge in [-0.2, -0.15) is 0 Å². The van der Waals surface area contributed by atoms with Gasteiger partial charge in [0.05, 0.1) is 6.10 Å². The number of hydrogen-bond acceptors (Lipinski definition) is 3. The Balaban J connectivity index is 2.75. The first-order valence-electron chi connectivity index (χ1n) is 6.37. The van der Waals surface area contributed by atoms with Gasteiger partial charge in [0, 0.05) is 23.1 Å². The van der Waals surface area contributed by atoms with E-state index in [1.807, 2.05) is 19.9 Å². The Morgan fingerprint density at radius 1 is 1.42 bits per heavy atom. The van der Waals surface area contributed by atoms with Gasteiger partial charge in [0.15, 0.2) is 6.61 Å². The van der Waals surface area contributed by atoms with E-state index in [0.717, 1.165) is 4.47 Å². The number of nitrogens with zero attached hydrogens (tertiary/aromatic N) is 1. The Hall–Kier alpha value is -1.07. The number of likely N-dealkylation sites (N-methyl/N-ethyl adjacent to an activating group) is 1. The number of aliphatic hydroxyl groups is 1. The molecule has 0 saturated heterocycles. The molecule has 19 heavy (non-hydrogen) atoms. The van der Waals surface area contributed by atoms with Gasteiger partial charge in [-0.05, 0) is 39.0 Å². The number of carbonyl (C=O) groups is 1. The molecule has 0 aliphatic heterocycles. The Morgan fingerprint density at radius 2 is 2.05 bits per heavy atom. The molecule has 0 radical (unpaired) electrons. The van der Waals surface area contributed by atoms with Crippen LogP contribution in [0.2, 0.25) is 0 Å². The molecule has 0 heterocycles. The zero-order valence-electron chi connectivity index (χ0n) is 11.5. The quantitative estimate of drug-likeness (QED) is 0.873. The van der Waals surface area contributed by atoms with Crippen molar-refractivity contribution < 1.29 is 14.6 Å². The minimum absolute atomic E-state index is 0.0109. The Morgan fingerprint density at radius 3 is 2.58 bits per heavy atom. The van der Waals surface area contributed by atoms with Crippen molar-refractivity contribution in [1.82, 2.24) is 4.90 Å². The van der Waals surface area contributed by atoms with E-state index in [9.17, 15) is 9.90 Å². The minimum atomic E-state index is -0.643. The molecule has 4 nitrogen and oxygen atoms in total. The Bertz CT molecular complexity index is 431. The maximum atomic E-state index is 11.9. The first kappa shape index (κ1) is 16.0. The van der Waals surface area contributed by atoms with E-state index < -0.39 is 6.10 Å². The summed E-state index contributed by atoms with van der Waals surface area (Å²) in [6, 6.07) is 5.37. The summed E-state index contributed by atoms with van der Waals surface area (Å²) < 4.78 is 6.39. The van der Waals surface area contributed by atoms with Crippen molar-refractivity contribution in [1.29, 1.82) is 0 Å². The van der Waals surface area contributed by atoms with Crippen LogP contribution in [-0.2, 0) is 4.79 Å². The molecule has 1 aromatic rings. The molecule has 0 fully saturated rings. The number of amides is 1. The molecular weight excluding hydrogens is 310 g/mol. The van der Waals surface area contributed by atoms with Crippen molar-refractivity contribution >= 4 is 21.8 Å². The monoisotopic (exact) mass is 329 g/mol. The number of aliphatic hydroxyl groups excluding tert-OH is 1. The van der Waals surface area contributed by atoms with Crippen LogP contribution in [0, 0.1) is 0 Å². The summed E-state index contributed by atoms with van der Waals surface area (Å²) in [5, 5.41) is 9.70. The SMILES string of the molecule is CCN(CC)C(=O)COc1ccc(Br)cc1[C@@H](C)O. The second-order valence-corrected chi connectivity index (χ2v) is 5.13. The molecule has 106 valence electrons. The Labute approximate surface area is 122 Å². The van der Waals surface area contributed by atoms with Crippen molar-refractivity contribution in [3.63, 3.8) is 0 Å². The van der Waals surface area contributed by atoms with Crippen LogP contribution in [0.25, 0.3) is 0 Å². The minimum Gasteiger partial charge on any atom is -0.483 e. The normalized spacial score (nSPS) is 12.1. The zero-order valence-corrected chi connectivity index (χ0v) is 13.1. The lowest BCUT2D eigenvalue weighted by atomic mass is 10.1. The van der Waals surface area contributed by atoms with E-state index in [1.54, 1.807) is 24.0 Å². The van der Waals surface area contributed by atoms with Crippen LogP contribution >= 0.6 is 15.9 Å². The zero-order chi connectivity index (χ0) is 14.4. The molecule has 1 N–H and O–H groups in total. The van der Waals surface area contributed by atoms with Crippen molar-refractivity contribution in [2.45, 2.75) is 26.9 Å². The standard InChI is InChI=1S/C14H20BrNO3/c1-4-16(5-2)14(18)9-19-13-7-6-11(15)8-12(13)10(3)17/h6-8,10,17H,4-5,9H2,1-3H3/t10-/m1/s1. The van der Waals surface area contributed by atoms with Gasteiger partial charge in [0.25, 0.3) is 5.91 Å². The highest BCUT2D eigenvalue weighted by Gasteiger charge is 2.14. The van der Waals surface area contributed by atoms with Crippen molar-refractivity contribution in [2.24, 2.45) is 0 Å². The molecule has 0 aliphatic carbocycles. The first-order chi connectivity index (χ1) is 8.99. The van der Waals surface area contributed by atoms with E-state index in [0.29, 0.717) is 24.4 Å². The summed E-state index contributed by atoms with van der Waals surface area (Å²) in [6.45, 7) is 6.86. The molecule has 0 bridgehead atoms. The summed E-state index contributed by atoms with van der Waals surface area (Å²) in [5.41, 5.74) is 0.668. The average Bonchev–Trinajstić information content (AvgIpc) is 2.38. The number of benzene rings is 1. The summed E-state index contributed by atoms with van der Waals surface area (Å²) >= 11 is 3.35. The van der Waals surface area contributed by atoms with E-state index in [1.165, 1.54) is 0 Å². The van der Waals surface area contributed by atoms with Crippen molar-refractivity contribution in [3.8, 4) is 5.75 Å². The number of ether oxygens (including phenoxy) is 1. The molecule has 1 atom stereocenters. The van der Waals surface area contributed by atoms with Crippen LogP contribution < -0.4 is 4.74 Å². The van der Waals surface area contributed by atoms with Crippen LogP contribution in [0.15, 0.2) is 22.7 Å². The molecule has 0 unspecified atom stereocenters. The summed E-state index contributed by atoms with van der Waals surface area (Å²) in [6.07, 6.45) is -0.643. The van der Waals surface area contributed by atoms with Gasteiger partial charge in [0.1, 0.15) is 5.75 Å². The molecule has 0 saturated carbocycles. The third kappa shape index (κ3) is 4.51. The number of rotatable bonds is 6. The maximum absolute atomic E-state index is 11.9. The lowest BCUT2D eigenvalue weighted by Gasteiger charge is -2.20. The third-order valence-electron chi connectivity index (χ3n) is 2.89. The van der Waals surface area contributed by atoms with Gasteiger partial charge in [-0.15, -0.1) is 0 Å². The van der Waals surface area contributed by atoms with E-state index >= 15 is 0 Å². The fourth-order valence-corrected chi connectivity index (χ4v) is 2.16. The van der Waals surface area contributed by atoms with Crippen molar-refractivity contribution in [3.05, 3.63) is 28.2 Å². The van der Waals surface area contributed by atoms with E-state index in [-0.39, 0.29) is 12.5 Å². The van der Waals surface area contributed by atoms with Crippen LogP contribution in [0.4, 0.5) is 0 Å².